The Kier molecular flexibility index (Phi) is 2.00. The third-order valence-electron chi connectivity index (χ3n) is 3.67. The molecule has 4 rings (SSSR count). The molecule has 0 saturated heterocycles. The van der Waals surface area contributed by atoms with E-state index in [0.717, 1.165) is 16.9 Å². The molecule has 2 unspecified atom stereocenters. The van der Waals surface area contributed by atoms with E-state index in [-0.39, 0.29) is 0 Å². The third-order valence-corrected chi connectivity index (χ3v) is 3.67. The molecule has 0 radical (unpaired) electrons. The lowest BCUT2D eigenvalue weighted by Crippen LogP contribution is -1.86. The number of aromatic nitrogens is 3. The molecule has 0 aliphatic heterocycles. The van der Waals surface area contributed by atoms with Crippen molar-refractivity contribution in [2.75, 3.05) is 0 Å². The minimum atomic E-state index is 0.541. The van der Waals surface area contributed by atoms with Crippen LogP contribution in [0, 0.1) is 0 Å². The van der Waals surface area contributed by atoms with Crippen molar-refractivity contribution in [2.24, 2.45) is 0 Å². The van der Waals surface area contributed by atoms with Gasteiger partial charge in [-0.15, -0.1) is 0 Å². The summed E-state index contributed by atoms with van der Waals surface area (Å²) in [6.07, 6.45) is 4.82. The Morgan fingerprint density at radius 2 is 1.94 bits per heavy atom. The van der Waals surface area contributed by atoms with Gasteiger partial charge in [-0.25, -0.2) is 4.98 Å². The first kappa shape index (κ1) is 9.83. The number of hydrogen-bond donors (Lipinski definition) is 1. The van der Waals surface area contributed by atoms with Gasteiger partial charge in [0.2, 0.25) is 0 Å². The molecule has 1 saturated carbocycles. The van der Waals surface area contributed by atoms with Crippen LogP contribution in [0.5, 0.6) is 0 Å². The lowest BCUT2D eigenvalue weighted by Gasteiger charge is -1.97. The summed E-state index contributed by atoms with van der Waals surface area (Å²) in [4.78, 5) is 12.2. The molecule has 2 heterocycles. The van der Waals surface area contributed by atoms with Gasteiger partial charge in [-0.1, -0.05) is 30.3 Å². The highest BCUT2D eigenvalue weighted by Crippen LogP contribution is 2.53. The van der Waals surface area contributed by atoms with E-state index in [0.29, 0.717) is 11.8 Å². The first-order valence-corrected chi connectivity index (χ1v) is 6.26. The van der Waals surface area contributed by atoms with Crippen LogP contribution in [0.25, 0.3) is 11.0 Å². The second-order valence-corrected chi connectivity index (χ2v) is 4.87. The fraction of sp³-hybridized carbons (Fsp3) is 0.200. The topological polar surface area (TPSA) is 41.6 Å². The summed E-state index contributed by atoms with van der Waals surface area (Å²) in [7, 11) is 0. The molecule has 0 amide bonds. The Labute approximate surface area is 105 Å². The molecule has 1 aliphatic carbocycles. The van der Waals surface area contributed by atoms with Crippen LogP contribution in [-0.2, 0) is 0 Å². The van der Waals surface area contributed by atoms with Crippen LogP contribution in [0.3, 0.4) is 0 Å². The van der Waals surface area contributed by atoms with E-state index in [1.807, 2.05) is 12.3 Å². The molecule has 0 spiro atoms. The lowest BCUT2D eigenvalue weighted by atomic mass is 10.1. The van der Waals surface area contributed by atoms with Gasteiger partial charge in [-0.2, -0.15) is 0 Å². The molecule has 1 fully saturated rings. The van der Waals surface area contributed by atoms with E-state index in [2.05, 4.69) is 45.3 Å². The monoisotopic (exact) mass is 235 g/mol. The second-order valence-electron chi connectivity index (χ2n) is 4.87. The van der Waals surface area contributed by atoms with E-state index >= 15 is 0 Å². The molecule has 18 heavy (non-hydrogen) atoms. The van der Waals surface area contributed by atoms with Crippen LogP contribution in [0.2, 0.25) is 0 Å². The van der Waals surface area contributed by atoms with Crippen molar-refractivity contribution >= 4 is 11.0 Å². The maximum Gasteiger partial charge on any atom is 0.111 e. The second kappa shape index (κ2) is 3.67. The highest BCUT2D eigenvalue weighted by Gasteiger charge is 2.41. The molecule has 1 N–H and O–H groups in total. The number of nitrogens with zero attached hydrogens (tertiary/aromatic N) is 2. The fourth-order valence-corrected chi connectivity index (χ4v) is 2.62. The van der Waals surface area contributed by atoms with Gasteiger partial charge in [0, 0.05) is 12.1 Å². The Hall–Kier alpha value is -2.16. The highest BCUT2D eigenvalue weighted by atomic mass is 14.9. The molecular formula is C15H13N3. The molecule has 3 nitrogen and oxygen atoms in total. The van der Waals surface area contributed by atoms with Crippen molar-refractivity contribution in [3.63, 3.8) is 0 Å². The SMILES string of the molecule is c1ccc(C2CC2c2nc3ccncc3[nH]2)cc1. The number of hydrogen-bond acceptors (Lipinski definition) is 2. The Morgan fingerprint density at radius 3 is 2.78 bits per heavy atom. The molecule has 1 aliphatic rings. The minimum Gasteiger partial charge on any atom is -0.340 e. The lowest BCUT2D eigenvalue weighted by molar-refractivity contribution is 0.938. The average Bonchev–Trinajstić information content (AvgIpc) is 3.12. The summed E-state index contributed by atoms with van der Waals surface area (Å²) in [5.41, 5.74) is 3.46. The van der Waals surface area contributed by atoms with Crippen molar-refractivity contribution in [1.29, 1.82) is 0 Å². The number of pyridine rings is 1. The summed E-state index contributed by atoms with van der Waals surface area (Å²) < 4.78 is 0. The molecule has 0 bridgehead atoms. The van der Waals surface area contributed by atoms with E-state index in [1.54, 1.807) is 6.20 Å². The zero-order valence-electron chi connectivity index (χ0n) is 9.88. The summed E-state index contributed by atoms with van der Waals surface area (Å²) in [6, 6.07) is 12.6. The van der Waals surface area contributed by atoms with Crippen molar-refractivity contribution < 1.29 is 0 Å². The van der Waals surface area contributed by atoms with Crippen molar-refractivity contribution in [3.05, 3.63) is 60.2 Å². The van der Waals surface area contributed by atoms with Crippen molar-refractivity contribution in [2.45, 2.75) is 18.3 Å². The Bertz CT molecular complexity index is 654. The van der Waals surface area contributed by atoms with Gasteiger partial charge >= 0.3 is 0 Å². The van der Waals surface area contributed by atoms with Gasteiger partial charge in [-0.05, 0) is 24.0 Å². The van der Waals surface area contributed by atoms with Gasteiger partial charge in [0.15, 0.2) is 0 Å². The van der Waals surface area contributed by atoms with E-state index in [9.17, 15) is 0 Å². The van der Waals surface area contributed by atoms with Crippen LogP contribution in [-0.4, -0.2) is 15.0 Å². The zero-order valence-corrected chi connectivity index (χ0v) is 9.88. The molecular weight excluding hydrogens is 222 g/mol. The first-order valence-electron chi connectivity index (χ1n) is 6.26. The van der Waals surface area contributed by atoms with Gasteiger partial charge < -0.3 is 4.98 Å². The largest absolute Gasteiger partial charge is 0.340 e. The average molecular weight is 235 g/mol. The Balaban J connectivity index is 1.66. The predicted molar refractivity (Wildman–Crippen MR) is 70.4 cm³/mol. The predicted octanol–water partition coefficient (Wildman–Crippen LogP) is 3.23. The smallest absolute Gasteiger partial charge is 0.111 e. The van der Waals surface area contributed by atoms with Crippen LogP contribution in [0.1, 0.15) is 29.6 Å². The molecule has 88 valence electrons. The normalized spacial score (nSPS) is 22.2. The summed E-state index contributed by atoms with van der Waals surface area (Å²) in [5, 5.41) is 0. The van der Waals surface area contributed by atoms with Gasteiger partial charge in [0.05, 0.1) is 17.2 Å². The fourth-order valence-electron chi connectivity index (χ4n) is 2.62. The standard InChI is InChI=1S/C15H13N3/c1-2-4-10(5-3-1)11-8-12(11)15-17-13-6-7-16-9-14(13)18-15/h1-7,9,11-12H,8H2,(H,17,18). The number of aromatic amines is 1. The number of rotatable bonds is 2. The molecule has 2 atom stereocenters. The van der Waals surface area contributed by atoms with Gasteiger partial charge in [0.1, 0.15) is 5.82 Å². The molecule has 3 aromatic rings. The van der Waals surface area contributed by atoms with Crippen LogP contribution >= 0.6 is 0 Å². The molecule has 1 aromatic carbocycles. The minimum absolute atomic E-state index is 0.541. The number of imidazole rings is 1. The van der Waals surface area contributed by atoms with Gasteiger partial charge in [-0.3, -0.25) is 4.98 Å². The van der Waals surface area contributed by atoms with Crippen molar-refractivity contribution in [3.8, 4) is 0 Å². The summed E-state index contributed by atoms with van der Waals surface area (Å²) >= 11 is 0. The van der Waals surface area contributed by atoms with Crippen LogP contribution < -0.4 is 0 Å². The maximum absolute atomic E-state index is 4.65. The zero-order chi connectivity index (χ0) is 11.9. The van der Waals surface area contributed by atoms with Crippen LogP contribution in [0.15, 0.2) is 48.8 Å². The van der Waals surface area contributed by atoms with E-state index in [4.69, 9.17) is 0 Å². The number of fused-ring (bicyclic) bond motifs is 1. The van der Waals surface area contributed by atoms with Crippen LogP contribution in [0.4, 0.5) is 0 Å². The third kappa shape index (κ3) is 1.51. The number of benzene rings is 1. The highest BCUT2D eigenvalue weighted by molar-refractivity contribution is 5.73. The van der Waals surface area contributed by atoms with E-state index in [1.165, 1.54) is 12.0 Å². The Morgan fingerprint density at radius 1 is 1.06 bits per heavy atom. The summed E-state index contributed by atoms with van der Waals surface area (Å²) in [6.45, 7) is 0. The molecule has 3 heteroatoms. The van der Waals surface area contributed by atoms with E-state index < -0.39 is 0 Å². The summed E-state index contributed by atoms with van der Waals surface area (Å²) in [5.74, 6) is 2.27. The number of H-pyrrole nitrogens is 1. The number of nitrogens with one attached hydrogen (secondary N) is 1. The van der Waals surface area contributed by atoms with Crippen molar-refractivity contribution in [1.82, 2.24) is 15.0 Å². The first-order chi connectivity index (χ1) is 8.92. The maximum atomic E-state index is 4.65. The van der Waals surface area contributed by atoms with Gasteiger partial charge in [0.25, 0.3) is 0 Å². The quantitative estimate of drug-likeness (QED) is 0.741. The molecule has 2 aromatic heterocycles.